The average Bonchev–Trinajstić information content (AvgIpc) is 2.47. The molecule has 1 aliphatic carbocycles. The molecule has 0 unspecified atom stereocenters. The lowest BCUT2D eigenvalue weighted by molar-refractivity contribution is -0.0749. The number of hydrogen-bond acceptors (Lipinski definition) is 3. The second kappa shape index (κ2) is 8.65. The van der Waals surface area contributed by atoms with E-state index in [0.29, 0.717) is 24.5 Å². The van der Waals surface area contributed by atoms with Gasteiger partial charge in [0.25, 0.3) is 0 Å². The molecule has 1 aliphatic heterocycles. The Labute approximate surface area is 137 Å². The molecule has 0 aromatic rings. The Morgan fingerprint density at radius 2 is 1.73 bits per heavy atom. The lowest BCUT2D eigenvalue weighted by Crippen LogP contribution is -2.41. The van der Waals surface area contributed by atoms with Gasteiger partial charge in [-0.15, -0.1) is 0 Å². The average molecular weight is 312 g/mol. The first-order valence-electron chi connectivity index (χ1n) is 9.47. The van der Waals surface area contributed by atoms with Gasteiger partial charge in [0.1, 0.15) is 0 Å². The Balaban J connectivity index is 1.73. The van der Waals surface area contributed by atoms with Crippen LogP contribution in [0.1, 0.15) is 59.8 Å². The van der Waals surface area contributed by atoms with Crippen LogP contribution in [0.5, 0.6) is 0 Å². The zero-order valence-electron chi connectivity index (χ0n) is 15.1. The molecule has 130 valence electrons. The SMILES string of the molecule is CC1CCN(C[C@@H](O)CO[C@H]2C[C@H](C)CC[C@@H]2C(C)C)CC1. The highest BCUT2D eigenvalue weighted by Crippen LogP contribution is 2.35. The van der Waals surface area contributed by atoms with Gasteiger partial charge in [0.05, 0.1) is 18.8 Å². The number of aliphatic hydroxyl groups excluding tert-OH is 1. The van der Waals surface area contributed by atoms with Crippen molar-refractivity contribution in [3.63, 3.8) is 0 Å². The molecule has 2 fully saturated rings. The molecule has 0 amide bonds. The number of β-amino-alcohol motifs (C(OH)–C–C–N with tert-alkyl or cyclic N) is 1. The van der Waals surface area contributed by atoms with E-state index < -0.39 is 0 Å². The fourth-order valence-corrected chi connectivity index (χ4v) is 4.14. The van der Waals surface area contributed by atoms with Gasteiger partial charge in [-0.25, -0.2) is 0 Å². The first-order valence-corrected chi connectivity index (χ1v) is 9.47. The highest BCUT2D eigenvalue weighted by Gasteiger charge is 2.31. The minimum absolute atomic E-state index is 0.335. The van der Waals surface area contributed by atoms with Crippen molar-refractivity contribution in [2.75, 3.05) is 26.2 Å². The van der Waals surface area contributed by atoms with Crippen LogP contribution in [0.15, 0.2) is 0 Å². The summed E-state index contributed by atoms with van der Waals surface area (Å²) in [7, 11) is 0. The van der Waals surface area contributed by atoms with Crippen LogP contribution in [0.2, 0.25) is 0 Å². The van der Waals surface area contributed by atoms with Crippen LogP contribution in [-0.4, -0.2) is 48.5 Å². The highest BCUT2D eigenvalue weighted by molar-refractivity contribution is 4.82. The molecule has 2 rings (SSSR count). The molecular weight excluding hydrogens is 274 g/mol. The van der Waals surface area contributed by atoms with E-state index in [1.807, 2.05) is 0 Å². The van der Waals surface area contributed by atoms with E-state index in [9.17, 15) is 5.11 Å². The summed E-state index contributed by atoms with van der Waals surface area (Å²) in [5.74, 6) is 2.96. The van der Waals surface area contributed by atoms with Gasteiger partial charge in [0.2, 0.25) is 0 Å². The summed E-state index contributed by atoms with van der Waals surface area (Å²) in [4.78, 5) is 2.40. The van der Waals surface area contributed by atoms with E-state index in [4.69, 9.17) is 4.74 Å². The van der Waals surface area contributed by atoms with Gasteiger partial charge in [-0.05, 0) is 62.4 Å². The maximum absolute atomic E-state index is 10.3. The number of hydrogen-bond donors (Lipinski definition) is 1. The zero-order valence-corrected chi connectivity index (χ0v) is 15.1. The van der Waals surface area contributed by atoms with Crippen LogP contribution < -0.4 is 0 Å². The van der Waals surface area contributed by atoms with Gasteiger partial charge in [0, 0.05) is 6.54 Å². The van der Waals surface area contributed by atoms with E-state index in [-0.39, 0.29) is 6.10 Å². The third kappa shape index (κ3) is 5.50. The Morgan fingerprint density at radius 1 is 1.05 bits per heavy atom. The molecule has 3 heteroatoms. The maximum Gasteiger partial charge on any atom is 0.0900 e. The van der Waals surface area contributed by atoms with Crippen molar-refractivity contribution in [3.05, 3.63) is 0 Å². The number of piperidine rings is 1. The smallest absolute Gasteiger partial charge is 0.0900 e. The number of aliphatic hydroxyl groups is 1. The second-order valence-corrected chi connectivity index (χ2v) is 8.33. The van der Waals surface area contributed by atoms with Crippen LogP contribution in [0.3, 0.4) is 0 Å². The minimum atomic E-state index is -0.335. The standard InChI is InChI=1S/C19H37NO2/c1-14(2)18-6-5-16(4)11-19(18)22-13-17(21)12-20-9-7-15(3)8-10-20/h14-19,21H,5-13H2,1-4H3/t16-,17-,18-,19+/m1/s1. The summed E-state index contributed by atoms with van der Waals surface area (Å²) < 4.78 is 6.18. The predicted octanol–water partition coefficient (Wildman–Crippen LogP) is 3.56. The number of rotatable bonds is 6. The van der Waals surface area contributed by atoms with Crippen molar-refractivity contribution in [3.8, 4) is 0 Å². The lowest BCUT2D eigenvalue weighted by Gasteiger charge is -2.38. The summed E-state index contributed by atoms with van der Waals surface area (Å²) in [6, 6.07) is 0. The minimum Gasteiger partial charge on any atom is -0.389 e. The Bertz CT molecular complexity index is 313. The van der Waals surface area contributed by atoms with E-state index in [1.165, 1.54) is 25.7 Å². The summed E-state index contributed by atoms with van der Waals surface area (Å²) >= 11 is 0. The Morgan fingerprint density at radius 3 is 2.36 bits per heavy atom. The summed E-state index contributed by atoms with van der Waals surface area (Å²) in [6.07, 6.45) is 6.32. The first-order chi connectivity index (χ1) is 10.5. The van der Waals surface area contributed by atoms with Crippen molar-refractivity contribution in [1.82, 2.24) is 4.90 Å². The summed E-state index contributed by atoms with van der Waals surface area (Å²) in [6.45, 7) is 12.8. The largest absolute Gasteiger partial charge is 0.389 e. The third-order valence-electron chi connectivity index (χ3n) is 5.81. The molecule has 1 saturated heterocycles. The normalized spacial score (nSPS) is 33.3. The molecule has 0 spiro atoms. The Hall–Kier alpha value is -0.120. The van der Waals surface area contributed by atoms with Crippen LogP contribution in [0.4, 0.5) is 0 Å². The summed E-state index contributed by atoms with van der Waals surface area (Å²) in [5, 5.41) is 10.3. The molecule has 1 heterocycles. The van der Waals surface area contributed by atoms with Crippen LogP contribution in [0, 0.1) is 23.7 Å². The quantitative estimate of drug-likeness (QED) is 0.814. The number of likely N-dealkylation sites (tertiary alicyclic amines) is 1. The van der Waals surface area contributed by atoms with Gasteiger partial charge in [-0.1, -0.05) is 34.1 Å². The molecule has 0 aromatic heterocycles. The molecule has 0 bridgehead atoms. The Kier molecular flexibility index (Phi) is 7.17. The fraction of sp³-hybridized carbons (Fsp3) is 1.00. The highest BCUT2D eigenvalue weighted by atomic mass is 16.5. The molecule has 22 heavy (non-hydrogen) atoms. The first kappa shape index (κ1) is 18.2. The van der Waals surface area contributed by atoms with Gasteiger partial charge in [-0.3, -0.25) is 0 Å². The number of ether oxygens (including phenoxy) is 1. The molecule has 4 atom stereocenters. The van der Waals surface area contributed by atoms with Gasteiger partial charge >= 0.3 is 0 Å². The molecule has 1 saturated carbocycles. The van der Waals surface area contributed by atoms with E-state index in [1.54, 1.807) is 0 Å². The molecule has 0 radical (unpaired) electrons. The van der Waals surface area contributed by atoms with E-state index in [0.717, 1.165) is 37.9 Å². The van der Waals surface area contributed by atoms with Crippen molar-refractivity contribution >= 4 is 0 Å². The third-order valence-corrected chi connectivity index (χ3v) is 5.81. The van der Waals surface area contributed by atoms with Gasteiger partial charge in [-0.2, -0.15) is 0 Å². The molecule has 1 N–H and O–H groups in total. The van der Waals surface area contributed by atoms with Crippen LogP contribution >= 0.6 is 0 Å². The van der Waals surface area contributed by atoms with Crippen LogP contribution in [-0.2, 0) is 4.74 Å². The summed E-state index contributed by atoms with van der Waals surface area (Å²) in [5.41, 5.74) is 0. The van der Waals surface area contributed by atoms with Crippen molar-refractivity contribution < 1.29 is 9.84 Å². The van der Waals surface area contributed by atoms with Crippen molar-refractivity contribution in [1.29, 1.82) is 0 Å². The van der Waals surface area contributed by atoms with Gasteiger partial charge in [0.15, 0.2) is 0 Å². The topological polar surface area (TPSA) is 32.7 Å². The lowest BCUT2D eigenvalue weighted by atomic mass is 9.75. The number of nitrogens with zero attached hydrogens (tertiary/aromatic N) is 1. The zero-order chi connectivity index (χ0) is 16.1. The molecular formula is C19H37NO2. The second-order valence-electron chi connectivity index (χ2n) is 8.33. The van der Waals surface area contributed by atoms with Crippen LogP contribution in [0.25, 0.3) is 0 Å². The van der Waals surface area contributed by atoms with E-state index >= 15 is 0 Å². The monoisotopic (exact) mass is 311 g/mol. The van der Waals surface area contributed by atoms with Crippen molar-refractivity contribution in [2.45, 2.75) is 72.0 Å². The van der Waals surface area contributed by atoms with Gasteiger partial charge < -0.3 is 14.7 Å². The predicted molar refractivity (Wildman–Crippen MR) is 91.9 cm³/mol. The maximum atomic E-state index is 10.3. The van der Waals surface area contributed by atoms with Crippen molar-refractivity contribution in [2.24, 2.45) is 23.7 Å². The molecule has 2 aliphatic rings. The fourth-order valence-electron chi connectivity index (χ4n) is 4.14. The van der Waals surface area contributed by atoms with E-state index in [2.05, 4.69) is 32.6 Å². The molecule has 0 aromatic carbocycles. The molecule has 3 nitrogen and oxygen atoms in total.